The summed E-state index contributed by atoms with van der Waals surface area (Å²) < 4.78 is 6.52. The summed E-state index contributed by atoms with van der Waals surface area (Å²) in [6.07, 6.45) is 0. The second-order valence-electron chi connectivity index (χ2n) is 4.00. The molecule has 0 aliphatic carbocycles. The third-order valence-electron chi connectivity index (χ3n) is 2.72. The van der Waals surface area contributed by atoms with Gasteiger partial charge in [-0.05, 0) is 69.4 Å². The summed E-state index contributed by atoms with van der Waals surface area (Å²) in [5.41, 5.74) is 3.88. The highest BCUT2D eigenvalue weighted by atomic mass is 79.9. The highest BCUT2D eigenvalue weighted by Crippen LogP contribution is 2.37. The summed E-state index contributed by atoms with van der Waals surface area (Å²) in [7, 11) is 0. The molecule has 0 fully saturated rings. The Balaban J connectivity index is 2.29. The van der Waals surface area contributed by atoms with Crippen molar-refractivity contribution in [3.8, 4) is 5.75 Å². The third-order valence-corrected chi connectivity index (χ3v) is 5.24. The van der Waals surface area contributed by atoms with Gasteiger partial charge in [0, 0.05) is 0 Å². The van der Waals surface area contributed by atoms with Crippen molar-refractivity contribution in [3.63, 3.8) is 0 Å². The predicted molar refractivity (Wildman–Crippen MR) is 85.1 cm³/mol. The molecule has 1 atom stereocenters. The van der Waals surface area contributed by atoms with Crippen molar-refractivity contribution >= 4 is 43.2 Å². The lowest BCUT2D eigenvalue weighted by atomic mass is 10.0. The number of thiophene rings is 1. The van der Waals surface area contributed by atoms with Crippen LogP contribution in [-0.2, 0) is 0 Å². The van der Waals surface area contributed by atoms with Crippen molar-refractivity contribution < 1.29 is 4.74 Å². The molecule has 2 aromatic rings. The van der Waals surface area contributed by atoms with E-state index in [0.29, 0.717) is 6.61 Å². The zero-order chi connectivity index (χ0) is 13.1. The molecule has 0 spiro atoms. The summed E-state index contributed by atoms with van der Waals surface area (Å²) in [6, 6.07) is 6.23. The Kier molecular flexibility index (Phi) is 4.87. The summed E-state index contributed by atoms with van der Waals surface area (Å²) in [5.74, 6) is 0.892. The average Bonchev–Trinajstić information content (AvgIpc) is 2.77. The largest absolute Gasteiger partial charge is 0.493 e. The summed E-state index contributed by atoms with van der Waals surface area (Å²) in [6.45, 7) is 4.81. The van der Waals surface area contributed by atoms with Gasteiger partial charge in [0.15, 0.2) is 0 Å². The van der Waals surface area contributed by atoms with E-state index in [9.17, 15) is 0 Å². The van der Waals surface area contributed by atoms with Crippen molar-refractivity contribution in [2.75, 3.05) is 6.61 Å². The Labute approximate surface area is 128 Å². The van der Waals surface area contributed by atoms with Gasteiger partial charge in [-0.3, -0.25) is 0 Å². The lowest BCUT2D eigenvalue weighted by molar-refractivity contribution is 0.338. The van der Waals surface area contributed by atoms with Gasteiger partial charge in [-0.25, -0.2) is 0 Å². The van der Waals surface area contributed by atoms with Crippen LogP contribution >= 0.6 is 43.2 Å². The van der Waals surface area contributed by atoms with E-state index in [4.69, 9.17) is 4.74 Å². The van der Waals surface area contributed by atoms with Crippen LogP contribution in [0.3, 0.4) is 0 Å². The number of alkyl halides is 1. The first kappa shape index (κ1) is 14.1. The number of hydrogen-bond acceptors (Lipinski definition) is 2. The fraction of sp³-hybridized carbons (Fsp3) is 0.286. The van der Waals surface area contributed by atoms with Crippen LogP contribution < -0.4 is 4.74 Å². The van der Waals surface area contributed by atoms with Gasteiger partial charge in [0.2, 0.25) is 0 Å². The van der Waals surface area contributed by atoms with Crippen molar-refractivity contribution in [2.45, 2.75) is 18.7 Å². The molecular formula is C14H14Br2OS. The molecule has 0 aliphatic rings. The molecule has 0 amide bonds. The van der Waals surface area contributed by atoms with E-state index in [2.05, 4.69) is 61.7 Å². The highest BCUT2D eigenvalue weighted by molar-refractivity contribution is 9.10. The Hall–Kier alpha value is -0.320. The van der Waals surface area contributed by atoms with Crippen LogP contribution in [0, 0.1) is 6.92 Å². The maximum Gasteiger partial charge on any atom is 0.133 e. The predicted octanol–water partition coefficient (Wildman–Crippen LogP) is 5.70. The Bertz CT molecular complexity index is 536. The quantitative estimate of drug-likeness (QED) is 0.609. The van der Waals surface area contributed by atoms with Crippen LogP contribution in [0.15, 0.2) is 33.4 Å². The standard InChI is InChI=1S/C14H14Br2OS/c1-3-17-13-5-4-10(6-12(13)15)14(16)11-8-18-7-9(11)2/h4-8,14H,3H2,1-2H3. The molecule has 1 aromatic heterocycles. The van der Waals surface area contributed by atoms with Crippen molar-refractivity contribution in [2.24, 2.45) is 0 Å². The molecule has 0 N–H and O–H groups in total. The number of ether oxygens (including phenoxy) is 1. The number of benzene rings is 1. The van der Waals surface area contributed by atoms with Gasteiger partial charge < -0.3 is 4.74 Å². The van der Waals surface area contributed by atoms with Crippen LogP contribution in [0.25, 0.3) is 0 Å². The molecule has 0 radical (unpaired) electrons. The monoisotopic (exact) mass is 388 g/mol. The molecular weight excluding hydrogens is 376 g/mol. The SMILES string of the molecule is CCOc1ccc(C(Br)c2cscc2C)cc1Br. The van der Waals surface area contributed by atoms with E-state index in [1.807, 2.05) is 13.0 Å². The van der Waals surface area contributed by atoms with Gasteiger partial charge in [-0.1, -0.05) is 22.0 Å². The van der Waals surface area contributed by atoms with E-state index in [0.717, 1.165) is 10.2 Å². The molecule has 1 heterocycles. The number of hydrogen-bond donors (Lipinski definition) is 0. The molecule has 0 aliphatic heterocycles. The molecule has 1 aromatic carbocycles. The summed E-state index contributed by atoms with van der Waals surface area (Å²) >= 11 is 9.06. The molecule has 1 nitrogen and oxygen atoms in total. The number of rotatable bonds is 4. The minimum atomic E-state index is 0.232. The lowest BCUT2D eigenvalue weighted by Gasteiger charge is -2.13. The fourth-order valence-electron chi connectivity index (χ4n) is 1.76. The molecule has 2 rings (SSSR count). The van der Waals surface area contributed by atoms with Gasteiger partial charge in [-0.2, -0.15) is 11.3 Å². The molecule has 0 bridgehead atoms. The average molecular weight is 390 g/mol. The van der Waals surface area contributed by atoms with Gasteiger partial charge in [0.05, 0.1) is 15.9 Å². The molecule has 0 saturated heterocycles. The van der Waals surface area contributed by atoms with Gasteiger partial charge in [0.1, 0.15) is 5.75 Å². The Morgan fingerprint density at radius 2 is 2.11 bits per heavy atom. The minimum absolute atomic E-state index is 0.232. The number of aryl methyl sites for hydroxylation is 1. The molecule has 0 saturated carbocycles. The summed E-state index contributed by atoms with van der Waals surface area (Å²) in [5, 5.41) is 4.37. The summed E-state index contributed by atoms with van der Waals surface area (Å²) in [4.78, 5) is 0.232. The second-order valence-corrected chi connectivity index (χ2v) is 6.51. The maximum atomic E-state index is 5.53. The Morgan fingerprint density at radius 1 is 1.33 bits per heavy atom. The first-order valence-electron chi connectivity index (χ1n) is 5.72. The first-order chi connectivity index (χ1) is 8.63. The Morgan fingerprint density at radius 3 is 2.67 bits per heavy atom. The lowest BCUT2D eigenvalue weighted by Crippen LogP contribution is -1.96. The maximum absolute atomic E-state index is 5.53. The molecule has 4 heteroatoms. The van der Waals surface area contributed by atoms with Crippen LogP contribution in [0.1, 0.15) is 28.4 Å². The van der Waals surface area contributed by atoms with Gasteiger partial charge >= 0.3 is 0 Å². The zero-order valence-electron chi connectivity index (χ0n) is 10.2. The second kappa shape index (κ2) is 6.22. The van der Waals surface area contributed by atoms with E-state index in [1.54, 1.807) is 11.3 Å². The molecule has 1 unspecified atom stereocenters. The molecule has 96 valence electrons. The smallest absolute Gasteiger partial charge is 0.133 e. The van der Waals surface area contributed by atoms with E-state index in [1.165, 1.54) is 16.7 Å². The van der Waals surface area contributed by atoms with Crippen LogP contribution in [0.2, 0.25) is 0 Å². The molecule has 18 heavy (non-hydrogen) atoms. The third kappa shape index (κ3) is 2.98. The topological polar surface area (TPSA) is 9.23 Å². The first-order valence-corrected chi connectivity index (χ1v) is 8.37. The van der Waals surface area contributed by atoms with Crippen LogP contribution in [0.5, 0.6) is 5.75 Å². The van der Waals surface area contributed by atoms with Crippen molar-refractivity contribution in [1.29, 1.82) is 0 Å². The van der Waals surface area contributed by atoms with Crippen molar-refractivity contribution in [1.82, 2.24) is 0 Å². The van der Waals surface area contributed by atoms with Crippen LogP contribution in [0.4, 0.5) is 0 Å². The van der Waals surface area contributed by atoms with Crippen LogP contribution in [-0.4, -0.2) is 6.61 Å². The van der Waals surface area contributed by atoms with Gasteiger partial charge in [-0.15, -0.1) is 0 Å². The highest BCUT2D eigenvalue weighted by Gasteiger charge is 2.15. The van der Waals surface area contributed by atoms with Gasteiger partial charge in [0.25, 0.3) is 0 Å². The van der Waals surface area contributed by atoms with E-state index < -0.39 is 0 Å². The normalized spacial score (nSPS) is 12.4. The fourth-order valence-corrected chi connectivity index (χ4v) is 4.10. The van der Waals surface area contributed by atoms with Crippen molar-refractivity contribution in [3.05, 3.63) is 50.1 Å². The zero-order valence-corrected chi connectivity index (χ0v) is 14.2. The van der Waals surface area contributed by atoms with E-state index in [-0.39, 0.29) is 4.83 Å². The van der Waals surface area contributed by atoms with E-state index >= 15 is 0 Å². The minimum Gasteiger partial charge on any atom is -0.493 e. The number of halogens is 2.